The zero-order valence-electron chi connectivity index (χ0n) is 11.3. The number of nitrogens with zero attached hydrogens (tertiary/aromatic N) is 1. The molecule has 20 heavy (non-hydrogen) atoms. The number of nitrogens with two attached hydrogens (primary N) is 1. The van der Waals surface area contributed by atoms with Gasteiger partial charge >= 0.3 is 5.97 Å². The summed E-state index contributed by atoms with van der Waals surface area (Å²) in [7, 11) is 0. The molecule has 1 rings (SSSR count). The Balaban J connectivity index is 3.00. The van der Waals surface area contributed by atoms with Crippen molar-refractivity contribution in [2.75, 3.05) is 25.4 Å². The molecule has 0 fully saturated rings. The van der Waals surface area contributed by atoms with Gasteiger partial charge in [0.25, 0.3) is 5.91 Å². The van der Waals surface area contributed by atoms with Crippen molar-refractivity contribution in [1.29, 1.82) is 0 Å². The fourth-order valence-corrected chi connectivity index (χ4v) is 1.63. The van der Waals surface area contributed by atoms with Gasteiger partial charge in [-0.1, -0.05) is 0 Å². The lowest BCUT2D eigenvalue weighted by atomic mass is 10.1. The number of nitrogen functional groups attached to an aromatic ring is 1. The number of rotatable bonds is 5. The summed E-state index contributed by atoms with van der Waals surface area (Å²) in [5.41, 5.74) is 4.31. The van der Waals surface area contributed by atoms with E-state index < -0.39 is 34.8 Å². The van der Waals surface area contributed by atoms with Crippen LogP contribution in [0.4, 0.5) is 14.5 Å². The molecule has 110 valence electrons. The van der Waals surface area contributed by atoms with Gasteiger partial charge in [0.1, 0.15) is 12.4 Å². The van der Waals surface area contributed by atoms with Crippen molar-refractivity contribution in [1.82, 2.24) is 4.90 Å². The van der Waals surface area contributed by atoms with E-state index in [4.69, 9.17) is 10.5 Å². The van der Waals surface area contributed by atoms with Crippen molar-refractivity contribution in [2.45, 2.75) is 13.8 Å². The molecule has 0 aromatic heterocycles. The minimum Gasteiger partial charge on any atom is -0.465 e. The molecule has 0 saturated carbocycles. The number of likely N-dealkylation sites (N-methyl/N-ethyl adjacent to an activating group) is 1. The van der Waals surface area contributed by atoms with Crippen molar-refractivity contribution in [3.05, 3.63) is 29.3 Å². The Hall–Kier alpha value is -2.18. The van der Waals surface area contributed by atoms with Gasteiger partial charge in [0, 0.05) is 6.54 Å². The average Bonchev–Trinajstić information content (AvgIpc) is 2.39. The molecule has 1 aromatic rings. The number of halogens is 2. The van der Waals surface area contributed by atoms with Gasteiger partial charge in [-0.05, 0) is 26.0 Å². The minimum atomic E-state index is -1.00. The second-order valence-corrected chi connectivity index (χ2v) is 3.98. The molecule has 0 saturated heterocycles. The molecular formula is C13H16F2N2O3. The van der Waals surface area contributed by atoms with Gasteiger partial charge in [-0.25, -0.2) is 8.78 Å². The first-order valence-corrected chi connectivity index (χ1v) is 6.10. The minimum absolute atomic E-state index is 0.146. The molecule has 5 nitrogen and oxygen atoms in total. The lowest BCUT2D eigenvalue weighted by molar-refractivity contribution is -0.143. The summed E-state index contributed by atoms with van der Waals surface area (Å²) in [6, 6.07) is 1.54. The normalized spacial score (nSPS) is 10.2. The SMILES string of the molecule is CCOC(=O)CN(CC)C(=O)c1cc(F)cc(N)c1F. The first-order chi connectivity index (χ1) is 9.40. The highest BCUT2D eigenvalue weighted by Gasteiger charge is 2.23. The molecule has 0 aliphatic carbocycles. The summed E-state index contributed by atoms with van der Waals surface area (Å²) in [6.45, 7) is 3.22. The molecule has 0 atom stereocenters. The molecule has 2 N–H and O–H groups in total. The number of anilines is 1. The van der Waals surface area contributed by atoms with Crippen molar-refractivity contribution in [3.8, 4) is 0 Å². The predicted molar refractivity (Wildman–Crippen MR) is 69.0 cm³/mol. The molecule has 1 amide bonds. The van der Waals surface area contributed by atoms with Gasteiger partial charge in [0.2, 0.25) is 0 Å². The number of carbonyl (C=O) groups excluding carboxylic acids is 2. The van der Waals surface area contributed by atoms with Crippen molar-refractivity contribution in [2.24, 2.45) is 0 Å². The zero-order chi connectivity index (χ0) is 15.3. The van der Waals surface area contributed by atoms with Crippen LogP contribution >= 0.6 is 0 Å². The molecule has 1 aromatic carbocycles. The highest BCUT2D eigenvalue weighted by atomic mass is 19.1. The molecule has 0 spiro atoms. The van der Waals surface area contributed by atoms with Crippen molar-refractivity contribution in [3.63, 3.8) is 0 Å². The Morgan fingerprint density at radius 3 is 2.50 bits per heavy atom. The van der Waals surface area contributed by atoms with E-state index in [1.807, 2.05) is 0 Å². The first kappa shape index (κ1) is 15.9. The Bertz CT molecular complexity index is 521. The molecule has 0 heterocycles. The van der Waals surface area contributed by atoms with Gasteiger partial charge in [-0.2, -0.15) is 0 Å². The Labute approximate surface area is 115 Å². The van der Waals surface area contributed by atoms with Gasteiger partial charge in [0.15, 0.2) is 5.82 Å². The number of hydrogen-bond donors (Lipinski definition) is 1. The van der Waals surface area contributed by atoms with Crippen molar-refractivity contribution < 1.29 is 23.1 Å². The van der Waals surface area contributed by atoms with E-state index in [0.29, 0.717) is 0 Å². The third-order valence-electron chi connectivity index (χ3n) is 2.59. The standard InChI is InChI=1S/C13H16F2N2O3/c1-3-17(7-11(18)20-4-2)13(19)9-5-8(14)6-10(16)12(9)15/h5-6H,3-4,7,16H2,1-2H3. The number of hydrogen-bond acceptors (Lipinski definition) is 4. The molecule has 0 unspecified atom stereocenters. The number of esters is 1. The fraction of sp³-hybridized carbons (Fsp3) is 0.385. The van der Waals surface area contributed by atoms with Gasteiger partial charge in [0.05, 0.1) is 17.9 Å². The van der Waals surface area contributed by atoms with Gasteiger partial charge < -0.3 is 15.4 Å². The van der Waals surface area contributed by atoms with E-state index in [1.54, 1.807) is 13.8 Å². The monoisotopic (exact) mass is 286 g/mol. The van der Waals surface area contributed by atoms with Crippen LogP contribution in [0.25, 0.3) is 0 Å². The summed E-state index contributed by atoms with van der Waals surface area (Å²) >= 11 is 0. The maximum Gasteiger partial charge on any atom is 0.325 e. The van der Waals surface area contributed by atoms with Crippen LogP contribution in [0.15, 0.2) is 12.1 Å². The topological polar surface area (TPSA) is 72.6 Å². The predicted octanol–water partition coefficient (Wildman–Crippen LogP) is 1.57. The highest BCUT2D eigenvalue weighted by Crippen LogP contribution is 2.19. The number of amides is 1. The fourth-order valence-electron chi connectivity index (χ4n) is 1.63. The quantitative estimate of drug-likeness (QED) is 0.658. The molecular weight excluding hydrogens is 270 g/mol. The largest absolute Gasteiger partial charge is 0.465 e. The Morgan fingerprint density at radius 2 is 1.95 bits per heavy atom. The summed E-state index contributed by atoms with van der Waals surface area (Å²) in [6.07, 6.45) is 0. The van der Waals surface area contributed by atoms with Crippen LogP contribution in [0, 0.1) is 11.6 Å². The lowest BCUT2D eigenvalue weighted by Gasteiger charge is -2.20. The zero-order valence-corrected chi connectivity index (χ0v) is 11.3. The maximum atomic E-state index is 13.8. The van der Waals surface area contributed by atoms with Crippen LogP contribution in [0.3, 0.4) is 0 Å². The maximum absolute atomic E-state index is 13.8. The number of carbonyl (C=O) groups is 2. The Kier molecular flexibility index (Phi) is 5.42. The summed E-state index contributed by atoms with van der Waals surface area (Å²) < 4.78 is 31.7. The highest BCUT2D eigenvalue weighted by molar-refractivity contribution is 5.97. The van der Waals surface area contributed by atoms with E-state index >= 15 is 0 Å². The third-order valence-corrected chi connectivity index (χ3v) is 2.59. The van der Waals surface area contributed by atoms with E-state index in [2.05, 4.69) is 0 Å². The molecule has 0 radical (unpaired) electrons. The van der Waals surface area contributed by atoms with Gasteiger partial charge in [-0.3, -0.25) is 9.59 Å². The van der Waals surface area contributed by atoms with E-state index in [0.717, 1.165) is 17.0 Å². The van der Waals surface area contributed by atoms with E-state index in [1.165, 1.54) is 0 Å². The second-order valence-electron chi connectivity index (χ2n) is 3.98. The van der Waals surface area contributed by atoms with E-state index in [-0.39, 0.29) is 19.7 Å². The van der Waals surface area contributed by atoms with Crippen LogP contribution in [0.5, 0.6) is 0 Å². The molecule has 0 bridgehead atoms. The number of ether oxygens (including phenoxy) is 1. The molecule has 7 heteroatoms. The lowest BCUT2D eigenvalue weighted by Crippen LogP contribution is -2.37. The summed E-state index contributed by atoms with van der Waals surface area (Å²) in [5.74, 6) is -3.25. The first-order valence-electron chi connectivity index (χ1n) is 6.10. The number of benzene rings is 1. The average molecular weight is 286 g/mol. The summed E-state index contributed by atoms with van der Waals surface area (Å²) in [5, 5.41) is 0. The van der Waals surface area contributed by atoms with Crippen LogP contribution < -0.4 is 5.73 Å². The van der Waals surface area contributed by atoms with Crippen LogP contribution in [-0.4, -0.2) is 36.5 Å². The smallest absolute Gasteiger partial charge is 0.325 e. The van der Waals surface area contributed by atoms with Crippen LogP contribution in [-0.2, 0) is 9.53 Å². The van der Waals surface area contributed by atoms with Crippen LogP contribution in [0.1, 0.15) is 24.2 Å². The van der Waals surface area contributed by atoms with Crippen LogP contribution in [0.2, 0.25) is 0 Å². The van der Waals surface area contributed by atoms with Crippen molar-refractivity contribution >= 4 is 17.6 Å². The molecule has 0 aliphatic heterocycles. The van der Waals surface area contributed by atoms with E-state index in [9.17, 15) is 18.4 Å². The second kappa shape index (κ2) is 6.83. The summed E-state index contributed by atoms with van der Waals surface area (Å²) in [4.78, 5) is 24.5. The third kappa shape index (κ3) is 3.66. The van der Waals surface area contributed by atoms with Gasteiger partial charge in [-0.15, -0.1) is 0 Å². The Morgan fingerprint density at radius 1 is 1.30 bits per heavy atom. The molecule has 0 aliphatic rings.